The number of pyridine rings is 2. The van der Waals surface area contributed by atoms with E-state index in [4.69, 9.17) is 10.5 Å². The number of halogens is 3. The highest BCUT2D eigenvalue weighted by Gasteiger charge is 2.31. The van der Waals surface area contributed by atoms with Gasteiger partial charge in [0.25, 0.3) is 5.91 Å². The lowest BCUT2D eigenvalue weighted by Crippen LogP contribution is -2.34. The first-order chi connectivity index (χ1) is 15.5. The second kappa shape index (κ2) is 8.62. The summed E-state index contributed by atoms with van der Waals surface area (Å²) < 4.78 is 44.3. The molecule has 33 heavy (non-hydrogen) atoms. The topological polar surface area (TPSA) is 81.3 Å². The molecule has 0 spiro atoms. The molecular formula is C24H25F3N4O2. The molecule has 0 bridgehead atoms. The molecule has 4 rings (SSSR count). The number of carbonyl (C=O) groups is 1. The van der Waals surface area contributed by atoms with Crippen LogP contribution in [0.4, 0.5) is 19.0 Å². The zero-order valence-corrected chi connectivity index (χ0v) is 18.6. The molecule has 9 heteroatoms. The van der Waals surface area contributed by atoms with Crippen molar-refractivity contribution in [1.29, 1.82) is 0 Å². The van der Waals surface area contributed by atoms with Crippen molar-refractivity contribution in [3.05, 3.63) is 64.5 Å². The van der Waals surface area contributed by atoms with Gasteiger partial charge in [-0.3, -0.25) is 9.78 Å². The number of benzene rings is 1. The predicted molar refractivity (Wildman–Crippen MR) is 118 cm³/mol. The minimum atomic E-state index is -4.46. The van der Waals surface area contributed by atoms with Crippen LogP contribution in [0.25, 0.3) is 10.9 Å². The fourth-order valence-corrected chi connectivity index (χ4v) is 4.12. The van der Waals surface area contributed by atoms with Crippen LogP contribution in [0.15, 0.2) is 36.5 Å². The first-order valence-corrected chi connectivity index (χ1v) is 10.7. The molecule has 6 nitrogen and oxygen atoms in total. The van der Waals surface area contributed by atoms with Gasteiger partial charge >= 0.3 is 6.18 Å². The molecule has 1 aliphatic heterocycles. The molecule has 0 saturated heterocycles. The van der Waals surface area contributed by atoms with Crippen LogP contribution in [0, 0.1) is 5.92 Å². The smallest absolute Gasteiger partial charge is 0.383 e. The standard InChI is InChI=1S/C24H25F3N4O2/c1-13(2)10-31(11-17-6-5-16(9-29-17)24(25,26)27)23(32)15-4-7-20-18(8-15)19-12-33-14(3)21(19)22(28)30-20/h4-9,13-14H,10-12H2,1-3H3,(H2,28,30)/t14-/m0/s1. The number of hydrogen-bond acceptors (Lipinski definition) is 5. The number of nitrogens with zero attached hydrogens (tertiary/aromatic N) is 3. The van der Waals surface area contributed by atoms with E-state index in [0.29, 0.717) is 35.7 Å². The SMILES string of the molecule is CC(C)CN(Cc1ccc(C(F)(F)F)cn1)C(=O)c1ccc2nc(N)c3c(c2c1)CO[C@H]3C. The second-order valence-electron chi connectivity index (χ2n) is 8.69. The van der Waals surface area contributed by atoms with Crippen LogP contribution in [0.1, 0.15) is 59.6 Å². The summed E-state index contributed by atoms with van der Waals surface area (Å²) in [5.41, 5.74) is 8.59. The Hall–Kier alpha value is -3.20. The van der Waals surface area contributed by atoms with Crippen molar-refractivity contribution in [2.45, 2.75) is 46.2 Å². The Balaban J connectivity index is 1.66. The largest absolute Gasteiger partial charge is 0.417 e. The molecule has 1 amide bonds. The number of nitrogens with two attached hydrogens (primary N) is 1. The van der Waals surface area contributed by atoms with Crippen molar-refractivity contribution in [2.75, 3.05) is 12.3 Å². The lowest BCUT2D eigenvalue weighted by atomic mass is 10.00. The number of rotatable bonds is 5. The first-order valence-electron chi connectivity index (χ1n) is 10.7. The summed E-state index contributed by atoms with van der Waals surface area (Å²) >= 11 is 0. The predicted octanol–water partition coefficient (Wildman–Crippen LogP) is 5.12. The number of aromatic nitrogens is 2. The molecule has 0 aliphatic carbocycles. The van der Waals surface area contributed by atoms with Gasteiger partial charge in [-0.25, -0.2) is 4.98 Å². The molecule has 2 N–H and O–H groups in total. The summed E-state index contributed by atoms with van der Waals surface area (Å²) in [4.78, 5) is 23.4. The van der Waals surface area contributed by atoms with Gasteiger partial charge in [-0.15, -0.1) is 0 Å². The Bertz CT molecular complexity index is 1190. The van der Waals surface area contributed by atoms with E-state index in [1.54, 1.807) is 23.1 Å². The summed E-state index contributed by atoms with van der Waals surface area (Å²) in [5, 5.41) is 0.812. The molecule has 3 aromatic rings. The van der Waals surface area contributed by atoms with E-state index >= 15 is 0 Å². The number of carbonyl (C=O) groups excluding carboxylic acids is 1. The van der Waals surface area contributed by atoms with E-state index < -0.39 is 11.7 Å². The Morgan fingerprint density at radius 3 is 2.67 bits per heavy atom. The molecule has 0 unspecified atom stereocenters. The van der Waals surface area contributed by atoms with Gasteiger partial charge in [0, 0.05) is 29.3 Å². The van der Waals surface area contributed by atoms with Crippen molar-refractivity contribution in [3.8, 4) is 0 Å². The van der Waals surface area contributed by atoms with E-state index in [1.807, 2.05) is 20.8 Å². The quantitative estimate of drug-likeness (QED) is 0.574. The number of nitrogen functional groups attached to an aromatic ring is 1. The fourth-order valence-electron chi connectivity index (χ4n) is 4.12. The fraction of sp³-hybridized carbons (Fsp3) is 0.375. The molecule has 0 saturated carbocycles. The molecule has 1 atom stereocenters. The zero-order chi connectivity index (χ0) is 23.9. The maximum atomic E-state index is 13.4. The Kier molecular flexibility index (Phi) is 6.00. The summed E-state index contributed by atoms with van der Waals surface area (Å²) in [6.45, 7) is 6.77. The van der Waals surface area contributed by atoms with Crippen LogP contribution in [-0.4, -0.2) is 27.3 Å². The van der Waals surface area contributed by atoms with Gasteiger partial charge in [-0.05, 0) is 48.7 Å². The van der Waals surface area contributed by atoms with Crippen molar-refractivity contribution in [2.24, 2.45) is 5.92 Å². The van der Waals surface area contributed by atoms with Crippen molar-refractivity contribution in [3.63, 3.8) is 0 Å². The van der Waals surface area contributed by atoms with E-state index in [9.17, 15) is 18.0 Å². The van der Waals surface area contributed by atoms with Gasteiger partial charge in [-0.2, -0.15) is 13.2 Å². The van der Waals surface area contributed by atoms with E-state index in [0.717, 1.165) is 28.8 Å². The van der Waals surface area contributed by atoms with Crippen molar-refractivity contribution >= 4 is 22.6 Å². The first kappa shape index (κ1) is 23.0. The molecule has 1 aliphatic rings. The van der Waals surface area contributed by atoms with Crippen molar-refractivity contribution < 1.29 is 22.7 Å². The maximum Gasteiger partial charge on any atom is 0.417 e. The van der Waals surface area contributed by atoms with Gasteiger partial charge in [0.15, 0.2) is 0 Å². The summed E-state index contributed by atoms with van der Waals surface area (Å²) in [5.74, 6) is 0.352. The normalized spacial score (nSPS) is 15.8. The van der Waals surface area contributed by atoms with E-state index in [1.165, 1.54) is 6.07 Å². The Morgan fingerprint density at radius 1 is 1.27 bits per heavy atom. The number of alkyl halides is 3. The van der Waals surface area contributed by atoms with Crippen LogP contribution >= 0.6 is 0 Å². The van der Waals surface area contributed by atoms with E-state index in [2.05, 4.69) is 9.97 Å². The molecule has 2 aromatic heterocycles. The zero-order valence-electron chi connectivity index (χ0n) is 18.6. The Labute approximate surface area is 189 Å². The average Bonchev–Trinajstić information content (AvgIpc) is 3.14. The number of hydrogen-bond donors (Lipinski definition) is 1. The van der Waals surface area contributed by atoms with Gasteiger partial charge < -0.3 is 15.4 Å². The summed E-state index contributed by atoms with van der Waals surface area (Å²) in [7, 11) is 0. The van der Waals surface area contributed by atoms with Crippen LogP contribution in [0.2, 0.25) is 0 Å². The Morgan fingerprint density at radius 2 is 2.03 bits per heavy atom. The third kappa shape index (κ3) is 4.64. The van der Waals surface area contributed by atoms with Crippen LogP contribution in [-0.2, 0) is 24.1 Å². The highest BCUT2D eigenvalue weighted by Crippen LogP contribution is 2.38. The third-order valence-corrected chi connectivity index (χ3v) is 5.67. The maximum absolute atomic E-state index is 13.4. The second-order valence-corrected chi connectivity index (χ2v) is 8.69. The van der Waals surface area contributed by atoms with Crippen LogP contribution in [0.5, 0.6) is 0 Å². The van der Waals surface area contributed by atoms with Gasteiger partial charge in [0.2, 0.25) is 0 Å². The highest BCUT2D eigenvalue weighted by molar-refractivity contribution is 5.99. The minimum absolute atomic E-state index is 0.103. The summed E-state index contributed by atoms with van der Waals surface area (Å²) in [6.07, 6.45) is -3.83. The minimum Gasteiger partial charge on any atom is -0.383 e. The van der Waals surface area contributed by atoms with Gasteiger partial charge in [0.1, 0.15) is 5.82 Å². The van der Waals surface area contributed by atoms with Gasteiger partial charge in [-0.1, -0.05) is 13.8 Å². The molecule has 174 valence electrons. The number of amides is 1. The monoisotopic (exact) mass is 458 g/mol. The molecule has 3 heterocycles. The number of fused-ring (bicyclic) bond motifs is 3. The van der Waals surface area contributed by atoms with Gasteiger partial charge in [0.05, 0.1) is 36.0 Å². The molecule has 0 radical (unpaired) electrons. The third-order valence-electron chi connectivity index (χ3n) is 5.67. The summed E-state index contributed by atoms with van der Waals surface area (Å²) in [6, 6.07) is 7.53. The van der Waals surface area contributed by atoms with E-state index in [-0.39, 0.29) is 24.5 Å². The molecule has 0 fully saturated rings. The van der Waals surface area contributed by atoms with Crippen molar-refractivity contribution in [1.82, 2.24) is 14.9 Å². The number of ether oxygens (including phenoxy) is 1. The highest BCUT2D eigenvalue weighted by atomic mass is 19.4. The average molecular weight is 458 g/mol. The van der Waals surface area contributed by atoms with Crippen LogP contribution in [0.3, 0.4) is 0 Å². The lowest BCUT2D eigenvalue weighted by molar-refractivity contribution is -0.137. The molecular weight excluding hydrogens is 433 g/mol. The van der Waals surface area contributed by atoms with Crippen LogP contribution < -0.4 is 5.73 Å². The number of anilines is 1. The molecule has 1 aromatic carbocycles. The lowest BCUT2D eigenvalue weighted by Gasteiger charge is -2.25.